The molecule has 0 heterocycles. The third-order valence-electron chi connectivity index (χ3n) is 1.73. The van der Waals surface area contributed by atoms with Crippen LogP contribution in [0.15, 0.2) is 24.3 Å². The lowest BCUT2D eigenvalue weighted by atomic mass is 10.1. The Bertz CT molecular complexity index is 235. The Morgan fingerprint density at radius 3 is 2.92 bits per heavy atom. The Morgan fingerprint density at radius 2 is 2.25 bits per heavy atom. The van der Waals surface area contributed by atoms with Gasteiger partial charge in [0, 0.05) is 5.02 Å². The number of likely N-dealkylation sites (N-methyl/N-ethyl adjacent to an activating group) is 1. The fourth-order valence-corrected chi connectivity index (χ4v) is 1.31. The van der Waals surface area contributed by atoms with Crippen LogP contribution in [0.5, 0.6) is 0 Å². The minimum atomic E-state index is 0.823. The first-order valence-electron chi connectivity index (χ1n) is 4.28. The van der Waals surface area contributed by atoms with Crippen LogP contribution in [0.25, 0.3) is 0 Å². The molecular formula is C10H14ClN. The van der Waals surface area contributed by atoms with E-state index in [9.17, 15) is 0 Å². The van der Waals surface area contributed by atoms with Crippen molar-refractivity contribution in [3.8, 4) is 0 Å². The molecule has 1 aromatic carbocycles. The summed E-state index contributed by atoms with van der Waals surface area (Å²) in [5.74, 6) is 0. The third kappa shape index (κ3) is 3.24. The fraction of sp³-hybridized carbons (Fsp3) is 0.400. The minimum Gasteiger partial charge on any atom is -0.317 e. The summed E-state index contributed by atoms with van der Waals surface area (Å²) in [6.07, 6.45) is 1.05. The summed E-state index contributed by atoms with van der Waals surface area (Å²) in [5, 5.41) is 4.10. The normalized spacial score (nSPS) is 10.2. The van der Waals surface area contributed by atoms with E-state index >= 15 is 0 Å². The Hall–Kier alpha value is -0.530. The first kappa shape index (κ1) is 9.56. The molecule has 1 aromatic rings. The van der Waals surface area contributed by atoms with Crippen molar-refractivity contribution in [1.82, 2.24) is 5.32 Å². The number of nitrogens with one attached hydrogen (secondary N) is 1. The monoisotopic (exact) mass is 183 g/mol. The number of halogens is 1. The highest BCUT2D eigenvalue weighted by atomic mass is 35.5. The van der Waals surface area contributed by atoms with E-state index in [4.69, 9.17) is 11.6 Å². The Balaban J connectivity index is 2.41. The number of benzene rings is 1. The standard InChI is InChI=1S/C10H14ClN/c1-2-12-7-6-9-4-3-5-10(11)8-9/h3-5,8,12H,2,6-7H2,1H3. The van der Waals surface area contributed by atoms with Gasteiger partial charge in [-0.15, -0.1) is 0 Å². The number of hydrogen-bond acceptors (Lipinski definition) is 1. The van der Waals surface area contributed by atoms with E-state index in [-0.39, 0.29) is 0 Å². The fourth-order valence-electron chi connectivity index (χ4n) is 1.10. The predicted molar refractivity (Wildman–Crippen MR) is 53.7 cm³/mol. The Labute approximate surface area is 78.7 Å². The van der Waals surface area contributed by atoms with E-state index in [1.807, 2.05) is 18.2 Å². The lowest BCUT2D eigenvalue weighted by Crippen LogP contribution is -2.15. The molecule has 0 saturated heterocycles. The van der Waals surface area contributed by atoms with Gasteiger partial charge < -0.3 is 5.32 Å². The predicted octanol–water partition coefficient (Wildman–Crippen LogP) is 2.49. The quantitative estimate of drug-likeness (QED) is 0.708. The molecule has 2 heteroatoms. The molecule has 0 amide bonds. The maximum atomic E-state index is 5.84. The summed E-state index contributed by atoms with van der Waals surface area (Å²) in [4.78, 5) is 0. The van der Waals surface area contributed by atoms with Gasteiger partial charge in [0.2, 0.25) is 0 Å². The molecule has 0 aliphatic carbocycles. The van der Waals surface area contributed by atoms with Gasteiger partial charge >= 0.3 is 0 Å². The highest BCUT2D eigenvalue weighted by molar-refractivity contribution is 6.30. The molecule has 0 atom stereocenters. The summed E-state index contributed by atoms with van der Waals surface area (Å²) in [7, 11) is 0. The third-order valence-corrected chi connectivity index (χ3v) is 1.96. The second-order valence-corrected chi connectivity index (χ2v) is 3.17. The van der Waals surface area contributed by atoms with Crippen molar-refractivity contribution >= 4 is 11.6 Å². The van der Waals surface area contributed by atoms with Crippen molar-refractivity contribution < 1.29 is 0 Å². The molecule has 0 spiro atoms. The van der Waals surface area contributed by atoms with Gasteiger partial charge in [-0.25, -0.2) is 0 Å². The van der Waals surface area contributed by atoms with Crippen LogP contribution in [0.2, 0.25) is 5.02 Å². The Morgan fingerprint density at radius 1 is 1.42 bits per heavy atom. The van der Waals surface area contributed by atoms with Crippen LogP contribution in [-0.2, 0) is 6.42 Å². The smallest absolute Gasteiger partial charge is 0.0408 e. The zero-order valence-corrected chi connectivity index (χ0v) is 8.06. The van der Waals surface area contributed by atoms with E-state index in [2.05, 4.69) is 18.3 Å². The first-order chi connectivity index (χ1) is 5.83. The van der Waals surface area contributed by atoms with Gasteiger partial charge in [-0.1, -0.05) is 30.7 Å². The highest BCUT2D eigenvalue weighted by Crippen LogP contribution is 2.10. The molecule has 0 aliphatic rings. The zero-order chi connectivity index (χ0) is 8.81. The van der Waals surface area contributed by atoms with Crippen LogP contribution in [-0.4, -0.2) is 13.1 Å². The molecule has 12 heavy (non-hydrogen) atoms. The molecule has 0 radical (unpaired) electrons. The highest BCUT2D eigenvalue weighted by Gasteiger charge is 1.92. The summed E-state index contributed by atoms with van der Waals surface area (Å²) >= 11 is 5.84. The molecule has 0 unspecified atom stereocenters. The molecular weight excluding hydrogens is 170 g/mol. The van der Waals surface area contributed by atoms with Crippen molar-refractivity contribution in [2.75, 3.05) is 13.1 Å². The van der Waals surface area contributed by atoms with Crippen molar-refractivity contribution in [2.45, 2.75) is 13.3 Å². The molecule has 1 N–H and O–H groups in total. The van der Waals surface area contributed by atoms with Crippen LogP contribution in [0.1, 0.15) is 12.5 Å². The average Bonchev–Trinajstić information content (AvgIpc) is 2.05. The number of hydrogen-bond donors (Lipinski definition) is 1. The van der Waals surface area contributed by atoms with Gasteiger partial charge in [-0.05, 0) is 37.2 Å². The van der Waals surface area contributed by atoms with Crippen molar-refractivity contribution in [3.63, 3.8) is 0 Å². The summed E-state index contributed by atoms with van der Waals surface area (Å²) < 4.78 is 0. The van der Waals surface area contributed by atoms with Gasteiger partial charge in [0.25, 0.3) is 0 Å². The van der Waals surface area contributed by atoms with E-state index in [1.165, 1.54) is 5.56 Å². The topological polar surface area (TPSA) is 12.0 Å². The van der Waals surface area contributed by atoms with Crippen LogP contribution < -0.4 is 5.32 Å². The SMILES string of the molecule is CCNCCc1cccc(Cl)c1. The molecule has 66 valence electrons. The maximum absolute atomic E-state index is 5.84. The molecule has 1 rings (SSSR count). The molecule has 0 fully saturated rings. The van der Waals surface area contributed by atoms with Gasteiger partial charge in [0.15, 0.2) is 0 Å². The van der Waals surface area contributed by atoms with Gasteiger partial charge in [-0.3, -0.25) is 0 Å². The molecule has 0 aromatic heterocycles. The second kappa shape index (κ2) is 5.18. The molecule has 0 saturated carbocycles. The van der Waals surface area contributed by atoms with Gasteiger partial charge in [0.1, 0.15) is 0 Å². The minimum absolute atomic E-state index is 0.823. The van der Waals surface area contributed by atoms with E-state index in [0.717, 1.165) is 24.5 Å². The lowest BCUT2D eigenvalue weighted by molar-refractivity contribution is 0.716. The van der Waals surface area contributed by atoms with E-state index < -0.39 is 0 Å². The zero-order valence-electron chi connectivity index (χ0n) is 7.31. The van der Waals surface area contributed by atoms with Gasteiger partial charge in [0.05, 0.1) is 0 Å². The maximum Gasteiger partial charge on any atom is 0.0408 e. The van der Waals surface area contributed by atoms with Gasteiger partial charge in [-0.2, -0.15) is 0 Å². The lowest BCUT2D eigenvalue weighted by Gasteiger charge is -2.01. The van der Waals surface area contributed by atoms with Crippen molar-refractivity contribution in [3.05, 3.63) is 34.9 Å². The Kier molecular flexibility index (Phi) is 4.12. The second-order valence-electron chi connectivity index (χ2n) is 2.73. The van der Waals surface area contributed by atoms with Crippen molar-refractivity contribution in [1.29, 1.82) is 0 Å². The average molecular weight is 184 g/mol. The summed E-state index contributed by atoms with van der Waals surface area (Å²) in [6.45, 7) is 4.16. The molecule has 0 aliphatic heterocycles. The van der Waals surface area contributed by atoms with E-state index in [1.54, 1.807) is 0 Å². The van der Waals surface area contributed by atoms with Crippen molar-refractivity contribution in [2.24, 2.45) is 0 Å². The number of rotatable bonds is 4. The van der Waals surface area contributed by atoms with Crippen LogP contribution >= 0.6 is 11.6 Å². The summed E-state index contributed by atoms with van der Waals surface area (Å²) in [5.41, 5.74) is 1.29. The largest absolute Gasteiger partial charge is 0.317 e. The first-order valence-corrected chi connectivity index (χ1v) is 4.66. The van der Waals surface area contributed by atoms with Crippen LogP contribution in [0, 0.1) is 0 Å². The van der Waals surface area contributed by atoms with Crippen LogP contribution in [0.3, 0.4) is 0 Å². The van der Waals surface area contributed by atoms with Crippen LogP contribution in [0.4, 0.5) is 0 Å². The molecule has 1 nitrogen and oxygen atoms in total. The van der Waals surface area contributed by atoms with E-state index in [0.29, 0.717) is 0 Å². The summed E-state index contributed by atoms with van der Waals surface area (Å²) in [6, 6.07) is 8.00. The molecule has 0 bridgehead atoms.